The van der Waals surface area contributed by atoms with Crippen LogP contribution in [0.15, 0.2) is 0 Å². The number of nitrogens with two attached hydrogens (primary N) is 4. The second kappa shape index (κ2) is 14.0. The van der Waals surface area contributed by atoms with E-state index in [-0.39, 0.29) is 5.96 Å². The molecule has 0 aromatic heterocycles. The van der Waals surface area contributed by atoms with Crippen molar-refractivity contribution in [3.63, 3.8) is 0 Å². The van der Waals surface area contributed by atoms with Crippen LogP contribution in [0.25, 0.3) is 0 Å². The van der Waals surface area contributed by atoms with Crippen molar-refractivity contribution in [2.45, 2.75) is 37.8 Å². The van der Waals surface area contributed by atoms with Gasteiger partial charge in [-0.3, -0.25) is 15.0 Å². The summed E-state index contributed by atoms with van der Waals surface area (Å²) in [5, 5.41) is 28.4. The van der Waals surface area contributed by atoms with E-state index in [1.54, 1.807) is 0 Å². The molecule has 0 fully saturated rings. The van der Waals surface area contributed by atoms with Crippen LogP contribution in [0.1, 0.15) is 25.7 Å². The van der Waals surface area contributed by atoms with Gasteiger partial charge in [-0.1, -0.05) is 0 Å². The summed E-state index contributed by atoms with van der Waals surface area (Å²) in [5.41, 5.74) is 20.2. The third-order valence-electron chi connectivity index (χ3n) is 2.63. The summed E-state index contributed by atoms with van der Waals surface area (Å²) < 4.78 is 0. The maximum absolute atomic E-state index is 10.2. The van der Waals surface area contributed by atoms with Crippen molar-refractivity contribution in [1.29, 1.82) is 5.41 Å². The van der Waals surface area contributed by atoms with E-state index < -0.39 is 30.1 Å². The molecule has 24 heavy (non-hydrogen) atoms. The number of carboxylic acids is 2. The normalized spacial score (nSPS) is 12.1. The fourth-order valence-electron chi connectivity index (χ4n) is 1.33. The lowest BCUT2D eigenvalue weighted by molar-refractivity contribution is -0.139. The molecule has 0 aliphatic rings. The Hall–Kier alpha value is -2.60. The zero-order valence-electron chi connectivity index (χ0n) is 13.3. The van der Waals surface area contributed by atoms with Crippen molar-refractivity contribution in [2.24, 2.45) is 22.9 Å². The van der Waals surface area contributed by atoms with E-state index >= 15 is 0 Å². The number of carboxylic acid groups (broad SMARTS) is 2. The zero-order valence-corrected chi connectivity index (χ0v) is 13.3. The summed E-state index contributed by atoms with van der Waals surface area (Å²) in [7, 11) is 0. The van der Waals surface area contributed by atoms with E-state index in [1.165, 1.54) is 0 Å². The Kier molecular flexibility index (Phi) is 13.8. The molecule has 0 radical (unpaired) electrons. The summed E-state index contributed by atoms with van der Waals surface area (Å²) in [6.45, 7) is 0.840. The van der Waals surface area contributed by atoms with Gasteiger partial charge in [-0.25, -0.2) is 4.79 Å². The van der Waals surface area contributed by atoms with Gasteiger partial charge in [-0.05, 0) is 25.7 Å². The van der Waals surface area contributed by atoms with Crippen LogP contribution in [0.2, 0.25) is 0 Å². The maximum Gasteiger partial charge on any atom is 0.320 e. The highest BCUT2D eigenvalue weighted by molar-refractivity contribution is 5.74. The Labute approximate surface area is 139 Å². The quantitative estimate of drug-likeness (QED) is 0.115. The van der Waals surface area contributed by atoms with Gasteiger partial charge in [-0.15, -0.1) is 0 Å². The third-order valence-corrected chi connectivity index (χ3v) is 2.63. The lowest BCUT2D eigenvalue weighted by Gasteiger charge is -2.06. The lowest BCUT2D eigenvalue weighted by Crippen LogP contribution is -2.34. The average Bonchev–Trinajstić information content (AvgIpc) is 2.47. The molecular weight excluding hydrogens is 322 g/mol. The van der Waals surface area contributed by atoms with Crippen molar-refractivity contribution < 1.29 is 24.6 Å². The fraction of sp³-hybridized carbons (Fsp3) is 0.667. The van der Waals surface area contributed by atoms with E-state index in [0.29, 0.717) is 38.8 Å². The van der Waals surface area contributed by atoms with Gasteiger partial charge in [-0.2, -0.15) is 0 Å². The Morgan fingerprint density at radius 3 is 1.54 bits per heavy atom. The Bertz CT molecular complexity index is 381. The van der Waals surface area contributed by atoms with Crippen LogP contribution in [0, 0.1) is 5.41 Å². The second-order valence-electron chi connectivity index (χ2n) is 4.81. The van der Waals surface area contributed by atoms with Gasteiger partial charge in [0.1, 0.15) is 12.1 Å². The van der Waals surface area contributed by atoms with Crippen molar-refractivity contribution in [3.05, 3.63) is 0 Å². The number of amides is 2. The smallest absolute Gasteiger partial charge is 0.320 e. The third kappa shape index (κ3) is 17.5. The van der Waals surface area contributed by atoms with Gasteiger partial charge in [0.25, 0.3) is 0 Å². The molecule has 140 valence electrons. The highest BCUT2D eigenvalue weighted by atomic mass is 16.4. The molecule has 0 aliphatic carbocycles. The fourth-order valence-corrected chi connectivity index (χ4v) is 1.33. The molecule has 2 amide bonds. The summed E-state index contributed by atoms with van der Waals surface area (Å²) in [4.78, 5) is 30.5. The van der Waals surface area contributed by atoms with Crippen molar-refractivity contribution >= 4 is 23.9 Å². The molecule has 2 unspecified atom stereocenters. The van der Waals surface area contributed by atoms with Crippen molar-refractivity contribution in [1.82, 2.24) is 10.6 Å². The molecule has 0 bridgehead atoms. The van der Waals surface area contributed by atoms with Crippen molar-refractivity contribution in [2.75, 3.05) is 13.1 Å². The molecule has 0 spiro atoms. The van der Waals surface area contributed by atoms with Gasteiger partial charge in [0.2, 0.25) is 0 Å². The summed E-state index contributed by atoms with van der Waals surface area (Å²) in [6, 6.07) is -2.29. The molecule has 0 aliphatic heterocycles. The summed E-state index contributed by atoms with van der Waals surface area (Å²) in [5.74, 6) is -2.15. The number of primary amides is 1. The van der Waals surface area contributed by atoms with Gasteiger partial charge < -0.3 is 43.8 Å². The molecule has 0 heterocycles. The van der Waals surface area contributed by atoms with Crippen LogP contribution >= 0.6 is 0 Å². The monoisotopic (exact) mass is 349 g/mol. The first-order valence-electron chi connectivity index (χ1n) is 7.15. The standard InChI is InChI=1S/C6H14N4O2.C6H13N3O3/c7-4(5(11)12)2-1-3-10-6(8)9;7-4(5(10)11)2-1-3-9-6(8)12/h4H,1-3,7H2,(H,11,12)(H4,8,9,10);4H,1-3,7H2,(H,10,11)(H3,8,9,12). The molecule has 12 heteroatoms. The molecule has 0 saturated heterocycles. The van der Waals surface area contributed by atoms with Crippen LogP contribution in [0.5, 0.6) is 0 Å². The number of aliphatic carboxylic acids is 2. The number of rotatable bonds is 10. The van der Waals surface area contributed by atoms with Gasteiger partial charge in [0.05, 0.1) is 0 Å². The first-order valence-corrected chi connectivity index (χ1v) is 7.15. The van der Waals surface area contributed by atoms with Crippen molar-refractivity contribution in [3.8, 4) is 0 Å². The number of guanidine groups is 1. The highest BCUT2D eigenvalue weighted by Crippen LogP contribution is 1.93. The molecule has 0 saturated carbocycles. The Balaban J connectivity index is 0. The SMILES string of the molecule is N=C(N)NCCCC(N)C(=O)O.NC(=O)NCCCC(N)C(=O)O. The largest absolute Gasteiger partial charge is 0.480 e. The average molecular weight is 349 g/mol. The number of hydrogen-bond acceptors (Lipinski definition) is 6. The minimum atomic E-state index is -1.03. The minimum absolute atomic E-state index is 0.112. The van der Waals surface area contributed by atoms with Crippen LogP contribution < -0.4 is 33.6 Å². The van der Waals surface area contributed by atoms with Crippen LogP contribution in [-0.4, -0.2) is 59.3 Å². The minimum Gasteiger partial charge on any atom is -0.480 e. The van der Waals surface area contributed by atoms with E-state index in [1.807, 2.05) is 0 Å². The van der Waals surface area contributed by atoms with Crippen LogP contribution in [0.3, 0.4) is 0 Å². The first-order chi connectivity index (χ1) is 11.1. The summed E-state index contributed by atoms with van der Waals surface area (Å²) in [6.07, 6.45) is 1.81. The van der Waals surface area contributed by atoms with Crippen LogP contribution in [0.4, 0.5) is 4.79 Å². The van der Waals surface area contributed by atoms with Gasteiger partial charge >= 0.3 is 18.0 Å². The van der Waals surface area contributed by atoms with Gasteiger partial charge in [0.15, 0.2) is 5.96 Å². The molecule has 0 aromatic carbocycles. The van der Waals surface area contributed by atoms with Crippen LogP contribution in [-0.2, 0) is 9.59 Å². The topological polar surface area (TPSA) is 244 Å². The number of hydrogen-bond donors (Lipinski definition) is 9. The van der Waals surface area contributed by atoms with E-state index in [2.05, 4.69) is 10.6 Å². The molecule has 12 nitrogen and oxygen atoms in total. The maximum atomic E-state index is 10.2. The number of nitrogens with one attached hydrogen (secondary N) is 3. The predicted molar refractivity (Wildman–Crippen MR) is 87.2 cm³/mol. The van der Waals surface area contributed by atoms with E-state index in [0.717, 1.165) is 0 Å². The van der Waals surface area contributed by atoms with E-state index in [4.69, 9.17) is 38.6 Å². The molecule has 0 aromatic rings. The number of carbonyl (C=O) groups excluding carboxylic acids is 1. The molecule has 0 rings (SSSR count). The second-order valence-corrected chi connectivity index (χ2v) is 4.81. The highest BCUT2D eigenvalue weighted by Gasteiger charge is 2.10. The molecule has 13 N–H and O–H groups in total. The molecule has 2 atom stereocenters. The predicted octanol–water partition coefficient (Wildman–Crippen LogP) is -2.49. The first kappa shape index (κ1) is 23.7. The molecular formula is C12H27N7O5. The number of carbonyl (C=O) groups is 3. The Morgan fingerprint density at radius 2 is 1.25 bits per heavy atom. The summed E-state index contributed by atoms with van der Waals surface area (Å²) >= 11 is 0. The lowest BCUT2D eigenvalue weighted by atomic mass is 10.2. The van der Waals surface area contributed by atoms with Gasteiger partial charge in [0, 0.05) is 13.1 Å². The van der Waals surface area contributed by atoms with E-state index in [9.17, 15) is 14.4 Å². The zero-order chi connectivity index (χ0) is 19.1. The number of urea groups is 1. The Morgan fingerprint density at radius 1 is 0.875 bits per heavy atom.